The average molecular weight is 192 g/mol. The maximum atomic E-state index is 5.49. The van der Waals surface area contributed by atoms with Gasteiger partial charge in [-0.3, -0.25) is 0 Å². The van der Waals surface area contributed by atoms with Crippen molar-refractivity contribution >= 4 is 0 Å². The van der Waals surface area contributed by atoms with Gasteiger partial charge in [0.05, 0.1) is 6.10 Å². The van der Waals surface area contributed by atoms with Crippen molar-refractivity contribution in [2.45, 2.75) is 32.8 Å². The van der Waals surface area contributed by atoms with Gasteiger partial charge in [-0.2, -0.15) is 0 Å². The summed E-state index contributed by atoms with van der Waals surface area (Å²) in [6.45, 7) is 4.50. The van der Waals surface area contributed by atoms with Crippen LogP contribution in [-0.4, -0.2) is 7.11 Å². The van der Waals surface area contributed by atoms with Crippen LogP contribution in [0.15, 0.2) is 30.3 Å². The number of ether oxygens (including phenoxy) is 1. The Kier molecular flexibility index (Phi) is 4.68. The first-order valence-corrected chi connectivity index (χ1v) is 5.31. The van der Waals surface area contributed by atoms with Crippen LogP contribution in [0.2, 0.25) is 0 Å². The predicted molar refractivity (Wildman–Crippen MR) is 60.3 cm³/mol. The monoisotopic (exact) mass is 192 g/mol. The average Bonchev–Trinajstić information content (AvgIpc) is 2.20. The summed E-state index contributed by atoms with van der Waals surface area (Å²) in [7, 11) is 1.79. The van der Waals surface area contributed by atoms with E-state index in [1.807, 2.05) is 6.07 Å². The third-order valence-corrected chi connectivity index (χ3v) is 2.46. The summed E-state index contributed by atoms with van der Waals surface area (Å²) in [6, 6.07) is 10.4. The summed E-state index contributed by atoms with van der Waals surface area (Å²) in [6.07, 6.45) is 2.59. The van der Waals surface area contributed by atoms with Crippen molar-refractivity contribution in [3.63, 3.8) is 0 Å². The molecule has 1 aromatic rings. The van der Waals surface area contributed by atoms with Crippen molar-refractivity contribution in [1.29, 1.82) is 0 Å². The van der Waals surface area contributed by atoms with Gasteiger partial charge < -0.3 is 4.74 Å². The zero-order valence-electron chi connectivity index (χ0n) is 9.36. The Labute approximate surface area is 87.1 Å². The van der Waals surface area contributed by atoms with Crippen molar-refractivity contribution in [2.24, 2.45) is 5.92 Å². The first kappa shape index (κ1) is 11.3. The number of methoxy groups -OCH3 is 1. The van der Waals surface area contributed by atoms with Crippen LogP contribution in [0.3, 0.4) is 0 Å². The Balaban J connectivity index is 2.54. The number of benzene rings is 1. The summed E-state index contributed by atoms with van der Waals surface area (Å²) >= 11 is 0. The normalized spacial score (nSPS) is 13.1. The van der Waals surface area contributed by atoms with E-state index in [0.29, 0.717) is 0 Å². The lowest BCUT2D eigenvalue weighted by Gasteiger charge is -2.16. The standard InChI is InChI=1S/C13H20O/c1-11(2)9-10-13(14-3)12-7-5-4-6-8-12/h4-8,11,13H,9-10H2,1-3H3. The van der Waals surface area contributed by atoms with E-state index >= 15 is 0 Å². The van der Waals surface area contributed by atoms with Crippen LogP contribution in [0.4, 0.5) is 0 Å². The molecule has 1 atom stereocenters. The molecule has 0 aliphatic carbocycles. The van der Waals surface area contributed by atoms with E-state index in [4.69, 9.17) is 4.74 Å². The summed E-state index contributed by atoms with van der Waals surface area (Å²) in [5, 5.41) is 0. The summed E-state index contributed by atoms with van der Waals surface area (Å²) < 4.78 is 5.49. The minimum absolute atomic E-state index is 0.263. The molecule has 78 valence electrons. The molecule has 1 nitrogen and oxygen atoms in total. The molecule has 0 saturated carbocycles. The van der Waals surface area contributed by atoms with Crippen LogP contribution >= 0.6 is 0 Å². The van der Waals surface area contributed by atoms with E-state index in [1.54, 1.807) is 7.11 Å². The van der Waals surface area contributed by atoms with Gasteiger partial charge in [-0.1, -0.05) is 44.2 Å². The highest BCUT2D eigenvalue weighted by molar-refractivity contribution is 5.17. The first-order valence-electron chi connectivity index (χ1n) is 5.31. The summed E-state index contributed by atoms with van der Waals surface area (Å²) in [4.78, 5) is 0. The summed E-state index contributed by atoms with van der Waals surface area (Å²) in [5.74, 6) is 0.747. The minimum atomic E-state index is 0.263. The molecule has 0 aromatic heterocycles. The van der Waals surface area contributed by atoms with Crippen LogP contribution in [0, 0.1) is 5.92 Å². The highest BCUT2D eigenvalue weighted by atomic mass is 16.5. The van der Waals surface area contributed by atoms with Gasteiger partial charge in [-0.25, -0.2) is 0 Å². The van der Waals surface area contributed by atoms with Crippen molar-refractivity contribution in [2.75, 3.05) is 7.11 Å². The molecular weight excluding hydrogens is 172 g/mol. The van der Waals surface area contributed by atoms with Crippen LogP contribution in [0.1, 0.15) is 38.4 Å². The fraction of sp³-hybridized carbons (Fsp3) is 0.538. The highest BCUT2D eigenvalue weighted by Crippen LogP contribution is 2.23. The molecule has 0 amide bonds. The van der Waals surface area contributed by atoms with Crippen LogP contribution in [0.5, 0.6) is 0 Å². The minimum Gasteiger partial charge on any atom is -0.377 e. The van der Waals surface area contributed by atoms with Crippen molar-refractivity contribution in [3.8, 4) is 0 Å². The van der Waals surface area contributed by atoms with E-state index in [2.05, 4.69) is 38.1 Å². The molecule has 1 rings (SSSR count). The maximum Gasteiger partial charge on any atom is 0.0821 e. The Bertz CT molecular complexity index is 241. The molecule has 14 heavy (non-hydrogen) atoms. The summed E-state index contributed by atoms with van der Waals surface area (Å²) in [5.41, 5.74) is 1.29. The molecular formula is C13H20O. The Hall–Kier alpha value is -0.820. The molecule has 0 spiro atoms. The molecule has 1 aromatic carbocycles. The van der Waals surface area contributed by atoms with Gasteiger partial charge in [-0.15, -0.1) is 0 Å². The van der Waals surface area contributed by atoms with Crippen molar-refractivity contribution < 1.29 is 4.74 Å². The van der Waals surface area contributed by atoms with Crippen molar-refractivity contribution in [3.05, 3.63) is 35.9 Å². The Morgan fingerprint density at radius 3 is 2.21 bits per heavy atom. The van der Waals surface area contributed by atoms with E-state index in [9.17, 15) is 0 Å². The predicted octanol–water partition coefficient (Wildman–Crippen LogP) is 3.81. The van der Waals surface area contributed by atoms with Gasteiger partial charge in [0.1, 0.15) is 0 Å². The molecule has 1 unspecified atom stereocenters. The topological polar surface area (TPSA) is 9.23 Å². The van der Waals surface area contributed by atoms with Gasteiger partial charge in [0.15, 0.2) is 0 Å². The fourth-order valence-corrected chi connectivity index (χ4v) is 1.57. The molecule has 0 fully saturated rings. The van der Waals surface area contributed by atoms with Crippen LogP contribution in [0.25, 0.3) is 0 Å². The van der Waals surface area contributed by atoms with E-state index in [-0.39, 0.29) is 6.10 Å². The number of rotatable bonds is 5. The molecule has 0 heterocycles. The Morgan fingerprint density at radius 1 is 1.07 bits per heavy atom. The quantitative estimate of drug-likeness (QED) is 0.689. The zero-order valence-corrected chi connectivity index (χ0v) is 9.36. The smallest absolute Gasteiger partial charge is 0.0821 e. The van der Waals surface area contributed by atoms with Gasteiger partial charge in [0.2, 0.25) is 0 Å². The molecule has 0 saturated heterocycles. The molecule has 0 aliphatic rings. The third kappa shape index (κ3) is 3.51. The van der Waals surface area contributed by atoms with E-state index in [1.165, 1.54) is 12.0 Å². The van der Waals surface area contributed by atoms with Crippen LogP contribution in [-0.2, 0) is 4.74 Å². The molecule has 0 aliphatic heterocycles. The third-order valence-electron chi connectivity index (χ3n) is 2.46. The van der Waals surface area contributed by atoms with Gasteiger partial charge in [0.25, 0.3) is 0 Å². The second-order valence-electron chi connectivity index (χ2n) is 4.11. The van der Waals surface area contributed by atoms with E-state index in [0.717, 1.165) is 12.3 Å². The zero-order chi connectivity index (χ0) is 10.4. The fourth-order valence-electron chi connectivity index (χ4n) is 1.57. The van der Waals surface area contributed by atoms with Crippen molar-refractivity contribution in [1.82, 2.24) is 0 Å². The maximum absolute atomic E-state index is 5.49. The molecule has 0 radical (unpaired) electrons. The number of hydrogen-bond acceptors (Lipinski definition) is 1. The lowest BCUT2D eigenvalue weighted by atomic mass is 10.00. The molecule has 1 heteroatoms. The second-order valence-corrected chi connectivity index (χ2v) is 4.11. The highest BCUT2D eigenvalue weighted by Gasteiger charge is 2.09. The van der Waals surface area contributed by atoms with E-state index < -0.39 is 0 Å². The van der Waals surface area contributed by atoms with Gasteiger partial charge in [-0.05, 0) is 24.3 Å². The van der Waals surface area contributed by atoms with Crippen LogP contribution < -0.4 is 0 Å². The largest absolute Gasteiger partial charge is 0.377 e. The Morgan fingerprint density at radius 2 is 1.71 bits per heavy atom. The SMILES string of the molecule is COC(CCC(C)C)c1ccccc1. The van der Waals surface area contributed by atoms with Gasteiger partial charge >= 0.3 is 0 Å². The molecule has 0 N–H and O–H groups in total. The lowest BCUT2D eigenvalue weighted by molar-refractivity contribution is 0.0906. The number of hydrogen-bond donors (Lipinski definition) is 0. The second kappa shape index (κ2) is 5.82. The lowest BCUT2D eigenvalue weighted by Crippen LogP contribution is -2.03. The first-order chi connectivity index (χ1) is 6.74. The molecule has 0 bridgehead atoms. The van der Waals surface area contributed by atoms with Gasteiger partial charge in [0, 0.05) is 7.11 Å².